The standard InChI is InChI=1S/C20H16FN5O/c21-14-2-1-3-15-17(14)18(23)25-20(24-15)6-7-26-16(9-20)12-5-4-11(10-22)8-13(12)19(26)27/h1-5,8,24,27H,6-7,9H2,(H2,23,25). The number of amidine groups is 1. The second-order valence-corrected chi connectivity index (χ2v) is 7.04. The smallest absolute Gasteiger partial charge is 0.199 e. The molecule has 0 bridgehead atoms. The molecule has 2 aliphatic rings. The van der Waals surface area contributed by atoms with E-state index in [0.717, 1.165) is 11.1 Å². The lowest BCUT2D eigenvalue weighted by atomic mass is 9.92. The second kappa shape index (κ2) is 5.24. The maximum Gasteiger partial charge on any atom is 0.199 e. The lowest BCUT2D eigenvalue weighted by Crippen LogP contribution is -2.48. The van der Waals surface area contributed by atoms with Crippen LogP contribution in [0.2, 0.25) is 0 Å². The van der Waals surface area contributed by atoms with Crippen molar-refractivity contribution in [1.29, 1.82) is 5.26 Å². The van der Waals surface area contributed by atoms with E-state index in [4.69, 9.17) is 11.0 Å². The van der Waals surface area contributed by atoms with Crippen LogP contribution in [0.25, 0.3) is 10.8 Å². The van der Waals surface area contributed by atoms with Crippen LogP contribution in [0.5, 0.6) is 5.88 Å². The summed E-state index contributed by atoms with van der Waals surface area (Å²) in [4.78, 5) is 4.62. The van der Waals surface area contributed by atoms with Crippen LogP contribution >= 0.6 is 0 Å². The largest absolute Gasteiger partial charge is 0.494 e. The first-order chi connectivity index (χ1) is 13.0. The number of nitriles is 1. The van der Waals surface area contributed by atoms with Gasteiger partial charge in [-0.3, -0.25) is 0 Å². The second-order valence-electron chi connectivity index (χ2n) is 7.04. The molecule has 5 rings (SSSR count). The molecule has 134 valence electrons. The van der Waals surface area contributed by atoms with E-state index in [-0.39, 0.29) is 11.7 Å². The minimum atomic E-state index is -0.688. The first kappa shape index (κ1) is 15.7. The lowest BCUT2D eigenvalue weighted by molar-refractivity contribution is 0.331. The molecule has 0 saturated heterocycles. The van der Waals surface area contributed by atoms with Crippen LogP contribution in [-0.4, -0.2) is 21.2 Å². The van der Waals surface area contributed by atoms with Crippen molar-refractivity contribution in [2.24, 2.45) is 10.7 Å². The normalized spacial score (nSPS) is 20.5. The highest BCUT2D eigenvalue weighted by Crippen LogP contribution is 2.41. The van der Waals surface area contributed by atoms with Crippen LogP contribution in [0, 0.1) is 17.1 Å². The van der Waals surface area contributed by atoms with Gasteiger partial charge in [0.15, 0.2) is 5.88 Å². The minimum absolute atomic E-state index is 0.158. The third kappa shape index (κ3) is 2.13. The molecule has 2 aromatic carbocycles. The van der Waals surface area contributed by atoms with Crippen molar-refractivity contribution in [2.75, 3.05) is 5.32 Å². The van der Waals surface area contributed by atoms with Gasteiger partial charge in [-0.05, 0) is 24.3 Å². The average Bonchev–Trinajstić information content (AvgIpc) is 2.92. The molecule has 1 atom stereocenters. The van der Waals surface area contributed by atoms with Crippen molar-refractivity contribution < 1.29 is 9.50 Å². The van der Waals surface area contributed by atoms with Gasteiger partial charge in [0.05, 0.1) is 17.2 Å². The summed E-state index contributed by atoms with van der Waals surface area (Å²) < 4.78 is 16.0. The number of fused-ring (bicyclic) bond motifs is 4. The molecular formula is C20H16FN5O. The number of rotatable bonds is 0. The maximum atomic E-state index is 14.1. The van der Waals surface area contributed by atoms with Crippen molar-refractivity contribution in [3.63, 3.8) is 0 Å². The predicted octanol–water partition coefficient (Wildman–Crippen LogP) is 2.83. The summed E-state index contributed by atoms with van der Waals surface area (Å²) in [5, 5.41) is 24.6. The number of nitrogens with two attached hydrogens (primary N) is 1. The van der Waals surface area contributed by atoms with Gasteiger partial charge in [-0.1, -0.05) is 12.1 Å². The quantitative estimate of drug-likeness (QED) is 0.573. The van der Waals surface area contributed by atoms with E-state index < -0.39 is 11.5 Å². The Morgan fingerprint density at radius 1 is 1.30 bits per heavy atom. The number of anilines is 1. The van der Waals surface area contributed by atoms with Crippen molar-refractivity contribution in [3.05, 3.63) is 59.0 Å². The fourth-order valence-corrected chi connectivity index (χ4v) is 4.22. The van der Waals surface area contributed by atoms with Gasteiger partial charge in [-0.2, -0.15) is 5.26 Å². The van der Waals surface area contributed by atoms with Gasteiger partial charge in [-0.25, -0.2) is 9.38 Å². The monoisotopic (exact) mass is 361 g/mol. The van der Waals surface area contributed by atoms with Crippen LogP contribution in [-0.2, 0) is 13.0 Å². The van der Waals surface area contributed by atoms with E-state index in [2.05, 4.69) is 16.4 Å². The first-order valence-electron chi connectivity index (χ1n) is 8.68. The SMILES string of the molecule is N#Cc1ccc2c3n(c(O)c2c1)CCC1(C3)N=C(N)c2c(F)cccc2N1. The molecule has 3 heterocycles. The zero-order valence-corrected chi connectivity index (χ0v) is 14.3. The first-order valence-corrected chi connectivity index (χ1v) is 8.68. The predicted molar refractivity (Wildman–Crippen MR) is 100 cm³/mol. The van der Waals surface area contributed by atoms with E-state index >= 15 is 0 Å². The molecule has 1 spiro atoms. The van der Waals surface area contributed by atoms with Gasteiger partial charge >= 0.3 is 0 Å². The molecule has 1 unspecified atom stereocenters. The number of aromatic nitrogens is 1. The molecular weight excluding hydrogens is 345 g/mol. The fourth-order valence-electron chi connectivity index (χ4n) is 4.22. The highest BCUT2D eigenvalue weighted by molar-refractivity contribution is 6.04. The summed E-state index contributed by atoms with van der Waals surface area (Å²) >= 11 is 0. The summed E-state index contributed by atoms with van der Waals surface area (Å²) in [5.41, 5.74) is 7.76. The maximum absolute atomic E-state index is 14.1. The Hall–Kier alpha value is -3.53. The topological polar surface area (TPSA) is 99.4 Å². The zero-order chi connectivity index (χ0) is 18.8. The van der Waals surface area contributed by atoms with E-state index in [1.54, 1.807) is 24.3 Å². The molecule has 1 aromatic heterocycles. The summed E-state index contributed by atoms with van der Waals surface area (Å²) in [5.74, 6) is -0.0595. The Morgan fingerprint density at radius 2 is 2.15 bits per heavy atom. The molecule has 3 aromatic rings. The summed E-state index contributed by atoms with van der Waals surface area (Å²) in [6, 6.07) is 12.2. The molecule has 0 amide bonds. The number of hydrogen-bond acceptors (Lipinski definition) is 5. The molecule has 0 radical (unpaired) electrons. The van der Waals surface area contributed by atoms with Crippen molar-refractivity contribution >= 4 is 22.3 Å². The summed E-state index contributed by atoms with van der Waals surface area (Å²) in [7, 11) is 0. The molecule has 7 heteroatoms. The third-order valence-electron chi connectivity index (χ3n) is 5.46. The number of hydrogen-bond donors (Lipinski definition) is 3. The zero-order valence-electron chi connectivity index (χ0n) is 14.3. The van der Waals surface area contributed by atoms with Gasteiger partial charge in [0.25, 0.3) is 0 Å². The van der Waals surface area contributed by atoms with Crippen molar-refractivity contribution in [1.82, 2.24) is 4.57 Å². The van der Waals surface area contributed by atoms with Gasteiger partial charge in [0.1, 0.15) is 17.3 Å². The van der Waals surface area contributed by atoms with E-state index in [0.29, 0.717) is 41.6 Å². The van der Waals surface area contributed by atoms with Gasteiger partial charge in [0.2, 0.25) is 0 Å². The van der Waals surface area contributed by atoms with Gasteiger partial charge < -0.3 is 20.7 Å². The van der Waals surface area contributed by atoms with Gasteiger partial charge in [-0.15, -0.1) is 0 Å². The highest BCUT2D eigenvalue weighted by Gasteiger charge is 2.40. The van der Waals surface area contributed by atoms with Crippen molar-refractivity contribution in [2.45, 2.75) is 25.0 Å². The molecule has 6 nitrogen and oxygen atoms in total. The average molecular weight is 361 g/mol. The molecule has 4 N–H and O–H groups in total. The third-order valence-corrected chi connectivity index (χ3v) is 5.46. The van der Waals surface area contributed by atoms with Crippen LogP contribution in [0.4, 0.5) is 10.1 Å². The number of aromatic hydroxyl groups is 1. The van der Waals surface area contributed by atoms with E-state index in [9.17, 15) is 9.50 Å². The Morgan fingerprint density at radius 3 is 2.96 bits per heavy atom. The van der Waals surface area contributed by atoms with E-state index in [1.165, 1.54) is 6.07 Å². The number of benzene rings is 2. The molecule has 0 saturated carbocycles. The van der Waals surface area contributed by atoms with Crippen LogP contribution in [0.15, 0.2) is 41.4 Å². The molecule has 27 heavy (non-hydrogen) atoms. The fraction of sp³-hybridized carbons (Fsp3) is 0.200. The van der Waals surface area contributed by atoms with Crippen LogP contribution in [0.3, 0.4) is 0 Å². The number of nitrogens with one attached hydrogen (secondary N) is 1. The molecule has 0 fully saturated rings. The molecule has 2 aliphatic heterocycles. The van der Waals surface area contributed by atoms with Crippen LogP contribution in [0.1, 0.15) is 23.2 Å². The highest BCUT2D eigenvalue weighted by atomic mass is 19.1. The van der Waals surface area contributed by atoms with Gasteiger partial charge in [0, 0.05) is 41.5 Å². The van der Waals surface area contributed by atoms with E-state index in [1.807, 2.05) is 10.6 Å². The van der Waals surface area contributed by atoms with Crippen LogP contribution < -0.4 is 11.1 Å². The van der Waals surface area contributed by atoms with Crippen molar-refractivity contribution in [3.8, 4) is 11.9 Å². The molecule has 0 aliphatic carbocycles. The number of nitrogens with zero attached hydrogens (tertiary/aromatic N) is 3. The Bertz CT molecular complexity index is 1190. The Labute approximate surface area is 154 Å². The number of halogens is 1. The summed E-state index contributed by atoms with van der Waals surface area (Å²) in [6.07, 6.45) is 1.09. The number of aliphatic imine (C=N–C) groups is 1. The Kier molecular flexibility index (Phi) is 3.05. The lowest BCUT2D eigenvalue weighted by Gasteiger charge is -2.39. The summed E-state index contributed by atoms with van der Waals surface area (Å²) in [6.45, 7) is 0.534. The Balaban J connectivity index is 1.64. The minimum Gasteiger partial charge on any atom is -0.494 e.